The van der Waals surface area contributed by atoms with Gasteiger partial charge in [-0.1, -0.05) is 19.4 Å². The second-order valence-corrected chi connectivity index (χ2v) is 4.58. The van der Waals surface area contributed by atoms with Crippen LogP contribution in [0.25, 0.3) is 5.65 Å². The monoisotopic (exact) mass is 251 g/mol. The van der Waals surface area contributed by atoms with Gasteiger partial charge in [0, 0.05) is 24.8 Å². The van der Waals surface area contributed by atoms with Gasteiger partial charge in [0.2, 0.25) is 0 Å². The molecule has 0 aliphatic rings. The van der Waals surface area contributed by atoms with Crippen LogP contribution in [0.15, 0.2) is 30.6 Å². The zero-order valence-electron chi connectivity index (χ0n) is 10.1. The van der Waals surface area contributed by atoms with Crippen molar-refractivity contribution in [3.05, 3.63) is 30.6 Å². The minimum Gasteiger partial charge on any atom is -0.371 e. The van der Waals surface area contributed by atoms with Crippen LogP contribution in [0.5, 0.6) is 0 Å². The van der Waals surface area contributed by atoms with Gasteiger partial charge in [0.15, 0.2) is 0 Å². The molecule has 17 heavy (non-hydrogen) atoms. The molecular weight excluding hydrogens is 234 g/mol. The molecule has 0 aliphatic heterocycles. The third-order valence-corrected chi connectivity index (χ3v) is 3.31. The van der Waals surface area contributed by atoms with E-state index in [1.54, 1.807) is 0 Å². The van der Waals surface area contributed by atoms with E-state index < -0.39 is 0 Å². The molecule has 0 spiro atoms. The number of anilines is 1. The maximum absolute atomic E-state index is 5.79. The lowest BCUT2D eigenvalue weighted by Crippen LogP contribution is -2.15. The first-order valence-corrected chi connectivity index (χ1v) is 6.60. The van der Waals surface area contributed by atoms with Crippen molar-refractivity contribution in [1.82, 2.24) is 9.38 Å². The second kappa shape index (κ2) is 5.92. The van der Waals surface area contributed by atoms with Crippen LogP contribution >= 0.6 is 11.6 Å². The lowest BCUT2D eigenvalue weighted by molar-refractivity contribution is 0.521. The molecule has 2 aromatic rings. The summed E-state index contributed by atoms with van der Waals surface area (Å²) < 4.78 is 2.06. The van der Waals surface area contributed by atoms with Crippen molar-refractivity contribution in [2.45, 2.75) is 19.8 Å². The molecular formula is C13H18ClN3. The molecule has 0 saturated carbocycles. The molecule has 1 atom stereocenters. The summed E-state index contributed by atoms with van der Waals surface area (Å²) >= 11 is 5.79. The van der Waals surface area contributed by atoms with Crippen LogP contribution in [0.3, 0.4) is 0 Å². The Kier molecular flexibility index (Phi) is 4.26. The second-order valence-electron chi connectivity index (χ2n) is 4.20. The number of imidazole rings is 1. The van der Waals surface area contributed by atoms with Crippen molar-refractivity contribution < 1.29 is 0 Å². The molecule has 1 N–H and O–H groups in total. The van der Waals surface area contributed by atoms with Gasteiger partial charge in [-0.15, -0.1) is 11.6 Å². The third kappa shape index (κ3) is 2.91. The average molecular weight is 252 g/mol. The summed E-state index contributed by atoms with van der Waals surface area (Å²) in [7, 11) is 0. The van der Waals surface area contributed by atoms with Crippen molar-refractivity contribution >= 4 is 23.1 Å². The Labute approximate surface area is 107 Å². The molecule has 0 amide bonds. The van der Waals surface area contributed by atoms with E-state index in [0.717, 1.165) is 36.7 Å². The van der Waals surface area contributed by atoms with Crippen molar-refractivity contribution in [2.75, 3.05) is 17.7 Å². The van der Waals surface area contributed by atoms with E-state index in [-0.39, 0.29) is 0 Å². The summed E-state index contributed by atoms with van der Waals surface area (Å²) in [5.41, 5.74) is 0.973. The van der Waals surface area contributed by atoms with E-state index in [9.17, 15) is 0 Å². The van der Waals surface area contributed by atoms with E-state index in [1.807, 2.05) is 24.5 Å². The number of aromatic nitrogens is 2. The Bertz CT molecular complexity index is 466. The van der Waals surface area contributed by atoms with Crippen LogP contribution in [-0.2, 0) is 0 Å². The first-order chi connectivity index (χ1) is 8.35. The number of nitrogens with one attached hydrogen (secondary N) is 1. The SMILES string of the molecule is CCC(CCCl)CNc1cccc2nccn12. The van der Waals surface area contributed by atoms with E-state index >= 15 is 0 Å². The summed E-state index contributed by atoms with van der Waals surface area (Å²) in [5, 5.41) is 3.47. The maximum Gasteiger partial charge on any atom is 0.138 e. The largest absolute Gasteiger partial charge is 0.371 e. The zero-order chi connectivity index (χ0) is 12.1. The summed E-state index contributed by atoms with van der Waals surface area (Å²) in [6, 6.07) is 6.09. The number of halogens is 1. The van der Waals surface area contributed by atoms with Crippen LogP contribution in [0.1, 0.15) is 19.8 Å². The van der Waals surface area contributed by atoms with Gasteiger partial charge in [0.1, 0.15) is 11.5 Å². The molecule has 2 heterocycles. The van der Waals surface area contributed by atoms with Crippen LogP contribution < -0.4 is 5.32 Å². The summed E-state index contributed by atoms with van der Waals surface area (Å²) in [6.45, 7) is 3.16. The molecule has 92 valence electrons. The summed E-state index contributed by atoms with van der Waals surface area (Å²) in [5.74, 6) is 2.45. The molecule has 2 aromatic heterocycles. The Hall–Kier alpha value is -1.22. The fraction of sp³-hybridized carbons (Fsp3) is 0.462. The minimum absolute atomic E-state index is 0.631. The number of hydrogen-bond acceptors (Lipinski definition) is 2. The Morgan fingerprint density at radius 2 is 2.35 bits per heavy atom. The summed E-state index contributed by atoms with van der Waals surface area (Å²) in [6.07, 6.45) is 6.00. The third-order valence-electron chi connectivity index (χ3n) is 3.09. The fourth-order valence-corrected chi connectivity index (χ4v) is 2.25. The number of hydrogen-bond donors (Lipinski definition) is 1. The van der Waals surface area contributed by atoms with E-state index in [1.165, 1.54) is 0 Å². The first kappa shape index (κ1) is 12.2. The topological polar surface area (TPSA) is 29.3 Å². The molecule has 2 rings (SSSR count). The standard InChI is InChI=1S/C13H18ClN3/c1-2-11(6-7-14)10-16-13-5-3-4-12-15-8-9-17(12)13/h3-5,8-9,11,16H,2,6-7,10H2,1H3. The predicted molar refractivity (Wildman–Crippen MR) is 72.8 cm³/mol. The van der Waals surface area contributed by atoms with Gasteiger partial charge in [-0.2, -0.15) is 0 Å². The molecule has 0 bridgehead atoms. The highest BCUT2D eigenvalue weighted by atomic mass is 35.5. The minimum atomic E-state index is 0.631. The van der Waals surface area contributed by atoms with E-state index in [4.69, 9.17) is 11.6 Å². The number of rotatable bonds is 6. The van der Waals surface area contributed by atoms with Crippen LogP contribution in [0, 0.1) is 5.92 Å². The van der Waals surface area contributed by atoms with Crippen molar-refractivity contribution in [3.63, 3.8) is 0 Å². The number of fused-ring (bicyclic) bond motifs is 1. The molecule has 1 unspecified atom stereocenters. The van der Waals surface area contributed by atoms with Crippen LogP contribution in [-0.4, -0.2) is 21.8 Å². The lowest BCUT2D eigenvalue weighted by atomic mass is 10.0. The van der Waals surface area contributed by atoms with E-state index in [2.05, 4.69) is 27.7 Å². The fourth-order valence-electron chi connectivity index (χ4n) is 1.95. The van der Waals surface area contributed by atoms with Gasteiger partial charge in [0.05, 0.1) is 0 Å². The predicted octanol–water partition coefficient (Wildman–Crippen LogP) is 3.40. The number of pyridine rings is 1. The van der Waals surface area contributed by atoms with Gasteiger partial charge in [-0.3, -0.25) is 4.40 Å². The molecule has 0 saturated heterocycles. The van der Waals surface area contributed by atoms with Crippen molar-refractivity contribution in [3.8, 4) is 0 Å². The van der Waals surface area contributed by atoms with Crippen molar-refractivity contribution in [1.29, 1.82) is 0 Å². The van der Waals surface area contributed by atoms with Crippen LogP contribution in [0.2, 0.25) is 0 Å². The average Bonchev–Trinajstić information content (AvgIpc) is 2.83. The van der Waals surface area contributed by atoms with Gasteiger partial charge >= 0.3 is 0 Å². The highest BCUT2D eigenvalue weighted by Gasteiger charge is 2.06. The molecule has 0 aliphatic carbocycles. The van der Waals surface area contributed by atoms with E-state index in [0.29, 0.717) is 5.92 Å². The quantitative estimate of drug-likeness (QED) is 0.798. The highest BCUT2D eigenvalue weighted by molar-refractivity contribution is 6.17. The summed E-state index contributed by atoms with van der Waals surface area (Å²) in [4.78, 5) is 4.26. The van der Waals surface area contributed by atoms with Crippen LogP contribution in [0.4, 0.5) is 5.82 Å². The van der Waals surface area contributed by atoms with Gasteiger partial charge in [-0.05, 0) is 24.5 Å². The Morgan fingerprint density at radius 3 is 3.12 bits per heavy atom. The molecule has 0 aromatic carbocycles. The van der Waals surface area contributed by atoms with Crippen molar-refractivity contribution in [2.24, 2.45) is 5.92 Å². The normalized spacial score (nSPS) is 12.8. The van der Waals surface area contributed by atoms with Gasteiger partial charge < -0.3 is 5.32 Å². The Morgan fingerprint density at radius 1 is 1.47 bits per heavy atom. The van der Waals surface area contributed by atoms with Gasteiger partial charge in [-0.25, -0.2) is 4.98 Å². The molecule has 0 radical (unpaired) electrons. The molecule has 0 fully saturated rings. The highest BCUT2D eigenvalue weighted by Crippen LogP contribution is 2.14. The molecule has 3 nitrogen and oxygen atoms in total. The number of alkyl halides is 1. The first-order valence-electron chi connectivity index (χ1n) is 6.07. The Balaban J connectivity index is 2.05. The maximum atomic E-state index is 5.79. The molecule has 4 heteroatoms. The number of nitrogens with zero attached hydrogens (tertiary/aromatic N) is 2. The van der Waals surface area contributed by atoms with Gasteiger partial charge in [0.25, 0.3) is 0 Å². The smallest absolute Gasteiger partial charge is 0.138 e. The lowest BCUT2D eigenvalue weighted by Gasteiger charge is -2.15. The zero-order valence-corrected chi connectivity index (χ0v) is 10.8.